The topological polar surface area (TPSA) is 87.7 Å². The first-order valence-corrected chi connectivity index (χ1v) is 8.75. The molecule has 0 fully saturated rings. The van der Waals surface area contributed by atoms with E-state index in [-0.39, 0.29) is 11.7 Å². The smallest absolute Gasteiger partial charge is 0.412 e. The number of aromatic hydroxyl groups is 1. The van der Waals surface area contributed by atoms with Crippen LogP contribution in [0.1, 0.15) is 36.7 Å². The molecule has 138 valence electrons. The van der Waals surface area contributed by atoms with Crippen LogP contribution in [0.2, 0.25) is 0 Å². The van der Waals surface area contributed by atoms with Crippen molar-refractivity contribution in [2.24, 2.45) is 0 Å². The molecule has 0 heterocycles. The molecule has 0 atom stereocenters. The van der Waals surface area contributed by atoms with Gasteiger partial charge in [0.15, 0.2) is 0 Å². The minimum absolute atomic E-state index is 0.0264. The van der Waals surface area contributed by atoms with Crippen LogP contribution in [0, 0.1) is 6.92 Å². The summed E-state index contributed by atoms with van der Waals surface area (Å²) in [6, 6.07) is 9.64. The van der Waals surface area contributed by atoms with Gasteiger partial charge in [0.2, 0.25) is 0 Å². The number of carbonyl (C=O) groups excluding carboxylic acids is 2. The monoisotopic (exact) mass is 420 g/mol. The van der Waals surface area contributed by atoms with Gasteiger partial charge in [0.25, 0.3) is 5.91 Å². The number of nitrogens with one attached hydrogen (secondary N) is 2. The highest BCUT2D eigenvalue weighted by atomic mass is 79.9. The number of benzene rings is 2. The van der Waals surface area contributed by atoms with Crippen molar-refractivity contribution in [3.63, 3.8) is 0 Å². The fourth-order valence-corrected chi connectivity index (χ4v) is 2.52. The molecule has 0 bridgehead atoms. The van der Waals surface area contributed by atoms with Crippen molar-refractivity contribution < 1.29 is 19.4 Å². The lowest BCUT2D eigenvalue weighted by Crippen LogP contribution is -2.27. The van der Waals surface area contributed by atoms with Crippen LogP contribution in [-0.2, 0) is 4.74 Å². The second-order valence-corrected chi connectivity index (χ2v) is 7.69. The second-order valence-electron chi connectivity index (χ2n) is 6.77. The van der Waals surface area contributed by atoms with Gasteiger partial charge in [0.1, 0.15) is 11.4 Å². The van der Waals surface area contributed by atoms with Gasteiger partial charge in [-0.25, -0.2) is 4.79 Å². The van der Waals surface area contributed by atoms with E-state index in [0.717, 1.165) is 4.47 Å². The highest BCUT2D eigenvalue weighted by Gasteiger charge is 2.17. The quantitative estimate of drug-likeness (QED) is 0.605. The van der Waals surface area contributed by atoms with Crippen molar-refractivity contribution in [3.8, 4) is 5.75 Å². The van der Waals surface area contributed by atoms with Crippen LogP contribution in [0.4, 0.5) is 16.2 Å². The van der Waals surface area contributed by atoms with Gasteiger partial charge >= 0.3 is 6.09 Å². The molecule has 2 amide bonds. The Morgan fingerprint density at radius 2 is 1.73 bits per heavy atom. The third-order valence-corrected chi connectivity index (χ3v) is 3.82. The molecule has 6 nitrogen and oxygen atoms in total. The van der Waals surface area contributed by atoms with E-state index in [1.165, 1.54) is 6.07 Å². The summed E-state index contributed by atoms with van der Waals surface area (Å²) in [5.74, 6) is -0.396. The number of rotatable bonds is 3. The van der Waals surface area contributed by atoms with E-state index in [1.807, 2.05) is 0 Å². The maximum absolute atomic E-state index is 12.4. The number of anilines is 2. The zero-order chi connectivity index (χ0) is 19.5. The molecule has 7 heteroatoms. The zero-order valence-electron chi connectivity index (χ0n) is 15.0. The van der Waals surface area contributed by atoms with E-state index in [0.29, 0.717) is 22.5 Å². The summed E-state index contributed by atoms with van der Waals surface area (Å²) in [5, 5.41) is 15.1. The third-order valence-electron chi connectivity index (χ3n) is 3.33. The molecule has 0 aromatic heterocycles. The fourth-order valence-electron chi connectivity index (χ4n) is 2.16. The maximum atomic E-state index is 12.4. The first-order valence-electron chi connectivity index (χ1n) is 7.96. The van der Waals surface area contributed by atoms with Crippen LogP contribution in [0.5, 0.6) is 5.75 Å². The van der Waals surface area contributed by atoms with Crippen LogP contribution in [0.25, 0.3) is 0 Å². The number of aryl methyl sites for hydroxylation is 1. The van der Waals surface area contributed by atoms with Crippen molar-refractivity contribution in [3.05, 3.63) is 52.0 Å². The van der Waals surface area contributed by atoms with Gasteiger partial charge in [-0.3, -0.25) is 10.1 Å². The maximum Gasteiger partial charge on any atom is 0.412 e. The second kappa shape index (κ2) is 7.78. The molecule has 0 aliphatic heterocycles. The average Bonchev–Trinajstić information content (AvgIpc) is 2.51. The summed E-state index contributed by atoms with van der Waals surface area (Å²) >= 11 is 3.29. The molecule has 0 unspecified atom stereocenters. The molecular weight excluding hydrogens is 400 g/mol. The van der Waals surface area contributed by atoms with E-state index >= 15 is 0 Å². The zero-order valence-corrected chi connectivity index (χ0v) is 16.6. The van der Waals surface area contributed by atoms with E-state index in [1.54, 1.807) is 58.0 Å². The number of halogens is 1. The Morgan fingerprint density at radius 1 is 1.04 bits per heavy atom. The average molecular weight is 421 g/mol. The summed E-state index contributed by atoms with van der Waals surface area (Å²) in [5.41, 5.74) is 1.38. The Morgan fingerprint density at radius 3 is 2.35 bits per heavy atom. The molecule has 2 aromatic carbocycles. The van der Waals surface area contributed by atoms with E-state index in [9.17, 15) is 14.7 Å². The number of amides is 2. The number of hydrogen-bond acceptors (Lipinski definition) is 4. The highest BCUT2D eigenvalue weighted by molar-refractivity contribution is 9.10. The van der Waals surface area contributed by atoms with Crippen molar-refractivity contribution in [1.82, 2.24) is 0 Å². The number of ether oxygens (including phenoxy) is 1. The number of hydrogen-bond donors (Lipinski definition) is 3. The van der Waals surface area contributed by atoms with Crippen molar-refractivity contribution >= 4 is 39.3 Å². The van der Waals surface area contributed by atoms with Crippen molar-refractivity contribution in [2.75, 3.05) is 10.6 Å². The predicted molar refractivity (Wildman–Crippen MR) is 105 cm³/mol. The highest BCUT2D eigenvalue weighted by Crippen LogP contribution is 2.27. The van der Waals surface area contributed by atoms with Crippen LogP contribution in [-0.4, -0.2) is 22.7 Å². The number of phenolic OH excluding ortho intramolecular Hbond substituents is 1. The summed E-state index contributed by atoms with van der Waals surface area (Å²) < 4.78 is 5.95. The van der Waals surface area contributed by atoms with Gasteiger partial charge in [0, 0.05) is 15.7 Å². The molecule has 2 aromatic rings. The van der Waals surface area contributed by atoms with Gasteiger partial charge in [-0.05, 0) is 69.7 Å². The van der Waals surface area contributed by atoms with Gasteiger partial charge in [-0.15, -0.1) is 0 Å². The minimum atomic E-state index is -0.593. The molecule has 0 radical (unpaired) electrons. The molecule has 0 saturated carbocycles. The van der Waals surface area contributed by atoms with E-state index in [2.05, 4.69) is 26.6 Å². The summed E-state index contributed by atoms with van der Waals surface area (Å²) in [4.78, 5) is 24.3. The summed E-state index contributed by atoms with van der Waals surface area (Å²) in [6.07, 6.45) is -0.558. The first kappa shape index (κ1) is 19.8. The normalized spacial score (nSPS) is 11.0. The number of phenols is 1. The van der Waals surface area contributed by atoms with Gasteiger partial charge in [-0.1, -0.05) is 15.9 Å². The van der Waals surface area contributed by atoms with Gasteiger partial charge in [0.05, 0.1) is 5.69 Å². The van der Waals surface area contributed by atoms with Crippen molar-refractivity contribution in [1.29, 1.82) is 0 Å². The van der Waals surface area contributed by atoms with Crippen LogP contribution >= 0.6 is 15.9 Å². The van der Waals surface area contributed by atoms with E-state index < -0.39 is 11.7 Å². The summed E-state index contributed by atoms with van der Waals surface area (Å²) in [7, 11) is 0. The SMILES string of the molecule is Cc1cc(C(=O)Nc2cc(Br)ccc2O)ccc1NC(=O)OC(C)(C)C. The van der Waals surface area contributed by atoms with Crippen LogP contribution in [0.3, 0.4) is 0 Å². The lowest BCUT2D eigenvalue weighted by Gasteiger charge is -2.20. The minimum Gasteiger partial charge on any atom is -0.506 e. The first-order chi connectivity index (χ1) is 12.0. The lowest BCUT2D eigenvalue weighted by molar-refractivity contribution is 0.0635. The predicted octanol–water partition coefficient (Wildman–Crippen LogP) is 5.06. The standard InChI is InChI=1S/C19H21BrN2O4/c1-11-9-12(5-7-14(11)22-18(25)26-19(2,3)4)17(24)21-15-10-13(20)6-8-16(15)23/h5-10,23H,1-4H3,(H,21,24)(H,22,25). The molecule has 2 rings (SSSR count). The molecule has 26 heavy (non-hydrogen) atoms. The lowest BCUT2D eigenvalue weighted by atomic mass is 10.1. The molecule has 3 N–H and O–H groups in total. The Kier molecular flexibility index (Phi) is 5.92. The Hall–Kier alpha value is -2.54. The largest absolute Gasteiger partial charge is 0.506 e. The van der Waals surface area contributed by atoms with Crippen LogP contribution < -0.4 is 10.6 Å². The van der Waals surface area contributed by atoms with Gasteiger partial charge < -0.3 is 15.2 Å². The number of carbonyl (C=O) groups is 2. The Balaban J connectivity index is 2.12. The van der Waals surface area contributed by atoms with Crippen molar-refractivity contribution in [2.45, 2.75) is 33.3 Å². The molecule has 0 aliphatic rings. The molecular formula is C19H21BrN2O4. The fraction of sp³-hybridized carbons (Fsp3) is 0.263. The van der Waals surface area contributed by atoms with Crippen LogP contribution in [0.15, 0.2) is 40.9 Å². The molecule has 0 saturated heterocycles. The molecule has 0 aliphatic carbocycles. The third kappa shape index (κ3) is 5.49. The van der Waals surface area contributed by atoms with Gasteiger partial charge in [-0.2, -0.15) is 0 Å². The molecule has 0 spiro atoms. The van der Waals surface area contributed by atoms with E-state index in [4.69, 9.17) is 4.74 Å². The Labute approximate surface area is 160 Å². The Bertz CT molecular complexity index is 844. The summed E-state index contributed by atoms with van der Waals surface area (Å²) in [6.45, 7) is 7.12.